The van der Waals surface area contributed by atoms with Crippen LogP contribution in [0.1, 0.15) is 25.1 Å². The number of furan rings is 1. The van der Waals surface area contributed by atoms with Crippen molar-refractivity contribution in [1.82, 2.24) is 15.3 Å². The van der Waals surface area contributed by atoms with Crippen LogP contribution in [-0.4, -0.2) is 16.0 Å². The van der Waals surface area contributed by atoms with Gasteiger partial charge in [-0.3, -0.25) is 4.79 Å². The summed E-state index contributed by atoms with van der Waals surface area (Å²) in [5, 5.41) is 4.26. The van der Waals surface area contributed by atoms with E-state index in [4.69, 9.17) is 4.42 Å². The van der Waals surface area contributed by atoms with Crippen molar-refractivity contribution in [2.45, 2.75) is 31.8 Å². The summed E-state index contributed by atoms with van der Waals surface area (Å²) in [4.78, 5) is 19.5. The second-order valence-corrected chi connectivity index (χ2v) is 6.36. The third kappa shape index (κ3) is 2.28. The van der Waals surface area contributed by atoms with Crippen molar-refractivity contribution in [3.05, 3.63) is 38.9 Å². The Balaban J connectivity index is 1.80. The summed E-state index contributed by atoms with van der Waals surface area (Å²) in [5.74, 6) is 0.655. The second kappa shape index (κ2) is 4.96. The maximum absolute atomic E-state index is 12.2. The molecule has 0 bridgehead atoms. The Bertz CT molecular complexity index is 880. The number of nitrogens with one attached hydrogen (secondary N) is 2. The average Bonchev–Trinajstić information content (AvgIpc) is 2.76. The van der Waals surface area contributed by atoms with Gasteiger partial charge in [0.1, 0.15) is 16.9 Å². The number of hydrogen-bond acceptors (Lipinski definition) is 4. The molecule has 1 aromatic carbocycles. The molecule has 0 amide bonds. The van der Waals surface area contributed by atoms with Gasteiger partial charge in [-0.25, -0.2) is 4.98 Å². The van der Waals surface area contributed by atoms with Crippen molar-refractivity contribution in [2.24, 2.45) is 0 Å². The van der Waals surface area contributed by atoms with Gasteiger partial charge in [-0.2, -0.15) is 0 Å². The minimum atomic E-state index is -0.224. The van der Waals surface area contributed by atoms with Crippen LogP contribution in [0, 0.1) is 0 Å². The van der Waals surface area contributed by atoms with Crippen molar-refractivity contribution in [2.75, 3.05) is 0 Å². The van der Waals surface area contributed by atoms with Crippen LogP contribution in [0.25, 0.3) is 22.1 Å². The molecule has 3 aromatic rings. The van der Waals surface area contributed by atoms with E-state index in [0.717, 1.165) is 9.86 Å². The fourth-order valence-corrected chi connectivity index (χ4v) is 2.97. The van der Waals surface area contributed by atoms with E-state index in [0.29, 0.717) is 29.5 Å². The van der Waals surface area contributed by atoms with Crippen LogP contribution in [0.3, 0.4) is 0 Å². The van der Waals surface area contributed by atoms with Gasteiger partial charge in [-0.15, -0.1) is 0 Å². The molecule has 0 atom stereocenters. The Labute approximate surface area is 128 Å². The number of aromatic amines is 1. The molecule has 1 saturated carbocycles. The van der Waals surface area contributed by atoms with E-state index in [-0.39, 0.29) is 11.1 Å². The average molecular weight is 348 g/mol. The lowest BCUT2D eigenvalue weighted by molar-refractivity contribution is 0.335. The summed E-state index contributed by atoms with van der Waals surface area (Å²) >= 11 is 3.44. The number of fused-ring (bicyclic) bond motifs is 3. The smallest absolute Gasteiger partial charge is 0.294 e. The van der Waals surface area contributed by atoms with Crippen LogP contribution in [0.2, 0.25) is 0 Å². The zero-order chi connectivity index (χ0) is 14.4. The van der Waals surface area contributed by atoms with Gasteiger partial charge in [0.05, 0.1) is 6.54 Å². The SMILES string of the molecule is O=c1[nH]c(CNC2CCC2)nc2c1oc1ccc(Br)cc12. The second-order valence-electron chi connectivity index (χ2n) is 5.44. The van der Waals surface area contributed by atoms with E-state index in [1.165, 1.54) is 19.3 Å². The summed E-state index contributed by atoms with van der Waals surface area (Å²) < 4.78 is 6.54. The highest BCUT2D eigenvalue weighted by atomic mass is 79.9. The molecule has 1 aliphatic carbocycles. The zero-order valence-electron chi connectivity index (χ0n) is 11.3. The Morgan fingerprint density at radius 1 is 1.43 bits per heavy atom. The Hall–Kier alpha value is -1.66. The molecule has 0 aliphatic heterocycles. The third-order valence-corrected chi connectivity index (χ3v) is 4.49. The van der Waals surface area contributed by atoms with Gasteiger partial charge in [0.15, 0.2) is 0 Å². The lowest BCUT2D eigenvalue weighted by atomic mass is 9.93. The lowest BCUT2D eigenvalue weighted by Crippen LogP contribution is -2.35. The topological polar surface area (TPSA) is 70.9 Å². The van der Waals surface area contributed by atoms with Crippen LogP contribution >= 0.6 is 15.9 Å². The molecule has 1 fully saturated rings. The minimum absolute atomic E-state index is 0.224. The van der Waals surface area contributed by atoms with E-state index in [2.05, 4.69) is 31.2 Å². The molecule has 2 aromatic heterocycles. The van der Waals surface area contributed by atoms with E-state index in [1.54, 1.807) is 0 Å². The first kappa shape index (κ1) is 13.0. The predicted octanol–water partition coefficient (Wildman–Crippen LogP) is 3.07. The van der Waals surface area contributed by atoms with E-state index >= 15 is 0 Å². The number of halogens is 1. The maximum Gasteiger partial charge on any atom is 0.294 e. The van der Waals surface area contributed by atoms with Crippen molar-refractivity contribution in [3.8, 4) is 0 Å². The highest BCUT2D eigenvalue weighted by Crippen LogP contribution is 2.27. The van der Waals surface area contributed by atoms with Gasteiger partial charge in [0.25, 0.3) is 5.56 Å². The van der Waals surface area contributed by atoms with Gasteiger partial charge in [-0.1, -0.05) is 22.4 Å². The third-order valence-electron chi connectivity index (χ3n) is 4.00. The van der Waals surface area contributed by atoms with E-state index < -0.39 is 0 Å². The van der Waals surface area contributed by atoms with Gasteiger partial charge in [0.2, 0.25) is 5.58 Å². The number of benzene rings is 1. The summed E-state index contributed by atoms with van der Waals surface area (Å²) in [6, 6.07) is 6.21. The minimum Gasteiger partial charge on any atom is -0.449 e. The molecule has 6 heteroatoms. The molecule has 2 heterocycles. The maximum atomic E-state index is 12.2. The highest BCUT2D eigenvalue weighted by molar-refractivity contribution is 9.10. The van der Waals surface area contributed by atoms with Crippen molar-refractivity contribution in [3.63, 3.8) is 0 Å². The van der Waals surface area contributed by atoms with Gasteiger partial charge < -0.3 is 14.7 Å². The first-order valence-corrected chi connectivity index (χ1v) is 7.84. The number of H-pyrrole nitrogens is 1. The van der Waals surface area contributed by atoms with Gasteiger partial charge >= 0.3 is 0 Å². The van der Waals surface area contributed by atoms with Crippen molar-refractivity contribution >= 4 is 38.0 Å². The standard InChI is InChI=1S/C15H14BrN3O2/c16-8-4-5-11-10(6-8)13-14(21-11)15(20)19-12(18-13)7-17-9-2-1-3-9/h4-6,9,17H,1-3,7H2,(H,18,19,20). The first-order valence-electron chi connectivity index (χ1n) is 7.05. The Morgan fingerprint density at radius 2 is 2.29 bits per heavy atom. The number of rotatable bonds is 3. The lowest BCUT2D eigenvalue weighted by Gasteiger charge is -2.26. The normalized spacial score (nSPS) is 15.7. The van der Waals surface area contributed by atoms with Crippen LogP contribution in [-0.2, 0) is 6.54 Å². The number of hydrogen-bond donors (Lipinski definition) is 2. The van der Waals surface area contributed by atoms with E-state index in [1.807, 2.05) is 18.2 Å². The molecule has 0 radical (unpaired) electrons. The van der Waals surface area contributed by atoms with Crippen LogP contribution < -0.4 is 10.9 Å². The van der Waals surface area contributed by atoms with Crippen LogP contribution in [0.5, 0.6) is 0 Å². The van der Waals surface area contributed by atoms with Gasteiger partial charge in [0, 0.05) is 15.9 Å². The molecule has 0 spiro atoms. The zero-order valence-corrected chi connectivity index (χ0v) is 12.9. The quantitative estimate of drug-likeness (QED) is 0.763. The predicted molar refractivity (Wildman–Crippen MR) is 84.3 cm³/mol. The van der Waals surface area contributed by atoms with Crippen LogP contribution in [0.4, 0.5) is 0 Å². The Kier molecular flexibility index (Phi) is 3.08. The summed E-state index contributed by atoms with van der Waals surface area (Å²) in [5.41, 5.74) is 1.36. The number of nitrogens with zero attached hydrogens (tertiary/aromatic N) is 1. The molecule has 2 N–H and O–H groups in total. The summed E-state index contributed by atoms with van der Waals surface area (Å²) in [6.45, 7) is 0.580. The molecule has 0 saturated heterocycles. The molecule has 108 valence electrons. The van der Waals surface area contributed by atoms with Crippen molar-refractivity contribution < 1.29 is 4.42 Å². The molecule has 4 rings (SSSR count). The summed E-state index contributed by atoms with van der Waals surface area (Å²) in [7, 11) is 0. The highest BCUT2D eigenvalue weighted by Gasteiger charge is 2.18. The van der Waals surface area contributed by atoms with Crippen molar-refractivity contribution in [1.29, 1.82) is 0 Å². The molecule has 5 nitrogen and oxygen atoms in total. The molecule has 1 aliphatic rings. The van der Waals surface area contributed by atoms with Crippen LogP contribution in [0.15, 0.2) is 31.9 Å². The fourth-order valence-electron chi connectivity index (χ4n) is 2.61. The Morgan fingerprint density at radius 3 is 3.05 bits per heavy atom. The molecule has 21 heavy (non-hydrogen) atoms. The molecular weight excluding hydrogens is 334 g/mol. The monoisotopic (exact) mass is 347 g/mol. The largest absolute Gasteiger partial charge is 0.449 e. The summed E-state index contributed by atoms with van der Waals surface area (Å²) in [6.07, 6.45) is 3.68. The van der Waals surface area contributed by atoms with Gasteiger partial charge in [-0.05, 0) is 31.0 Å². The number of aromatic nitrogens is 2. The molecular formula is C15H14BrN3O2. The van der Waals surface area contributed by atoms with E-state index in [9.17, 15) is 4.79 Å². The molecule has 0 unspecified atom stereocenters. The fraction of sp³-hybridized carbons (Fsp3) is 0.333. The first-order chi connectivity index (χ1) is 10.2.